The number of carbonyl (C=O) groups excluding carboxylic acids is 2. The molecule has 0 atom stereocenters. The van der Waals surface area contributed by atoms with E-state index in [1.54, 1.807) is 0 Å². The molecule has 2 N–H and O–H groups in total. The summed E-state index contributed by atoms with van der Waals surface area (Å²) in [4.78, 5) is 29.2. The molecule has 0 bridgehead atoms. The SMILES string of the molecule is CCc1nc2c(cnn2CC)c(NC2CCOCC2)c1CNC(=O)OC(=O)C1(C)CC1. The molecule has 2 aromatic rings. The van der Waals surface area contributed by atoms with E-state index in [4.69, 9.17) is 14.5 Å². The van der Waals surface area contributed by atoms with Crippen molar-refractivity contribution >= 4 is 28.8 Å². The first-order valence-corrected chi connectivity index (χ1v) is 11.2. The second-order valence-corrected chi connectivity index (χ2v) is 8.59. The van der Waals surface area contributed by atoms with Crippen LogP contribution in [0.25, 0.3) is 11.0 Å². The van der Waals surface area contributed by atoms with Gasteiger partial charge in [0.25, 0.3) is 0 Å². The zero-order valence-electron chi connectivity index (χ0n) is 18.5. The molecule has 3 heterocycles. The molecule has 1 aliphatic heterocycles. The highest BCUT2D eigenvalue weighted by molar-refractivity contribution is 5.92. The van der Waals surface area contributed by atoms with Gasteiger partial charge >= 0.3 is 12.1 Å². The van der Waals surface area contributed by atoms with Crippen LogP contribution in [0.4, 0.5) is 10.5 Å². The van der Waals surface area contributed by atoms with Gasteiger partial charge in [-0.05, 0) is 46.0 Å². The number of fused-ring (bicyclic) bond motifs is 1. The van der Waals surface area contributed by atoms with Gasteiger partial charge in [0.15, 0.2) is 5.65 Å². The van der Waals surface area contributed by atoms with Crippen LogP contribution in [0.15, 0.2) is 6.20 Å². The number of esters is 1. The largest absolute Gasteiger partial charge is 0.415 e. The fraction of sp³-hybridized carbons (Fsp3) is 0.636. The van der Waals surface area contributed by atoms with Gasteiger partial charge in [0.1, 0.15) is 0 Å². The number of pyridine rings is 1. The molecule has 168 valence electrons. The third-order valence-electron chi connectivity index (χ3n) is 6.26. The lowest BCUT2D eigenvalue weighted by Crippen LogP contribution is -2.31. The van der Waals surface area contributed by atoms with E-state index in [-0.39, 0.29) is 12.6 Å². The van der Waals surface area contributed by atoms with E-state index in [1.165, 1.54) is 0 Å². The van der Waals surface area contributed by atoms with Crippen LogP contribution in [0.2, 0.25) is 0 Å². The first-order valence-electron chi connectivity index (χ1n) is 11.2. The molecule has 0 unspecified atom stereocenters. The molecule has 1 saturated carbocycles. The lowest BCUT2D eigenvalue weighted by Gasteiger charge is -2.26. The topological polar surface area (TPSA) is 107 Å². The van der Waals surface area contributed by atoms with Crippen molar-refractivity contribution in [1.82, 2.24) is 20.1 Å². The number of hydrogen-bond acceptors (Lipinski definition) is 7. The normalized spacial score (nSPS) is 18.0. The Kier molecular flexibility index (Phi) is 6.13. The van der Waals surface area contributed by atoms with Gasteiger partial charge < -0.3 is 20.1 Å². The average molecular weight is 430 g/mol. The van der Waals surface area contributed by atoms with Crippen LogP contribution in [0.3, 0.4) is 0 Å². The van der Waals surface area contributed by atoms with E-state index in [9.17, 15) is 9.59 Å². The summed E-state index contributed by atoms with van der Waals surface area (Å²) in [5.41, 5.74) is 3.06. The Balaban J connectivity index is 1.60. The van der Waals surface area contributed by atoms with Gasteiger partial charge in [-0.3, -0.25) is 4.79 Å². The second kappa shape index (κ2) is 8.82. The predicted octanol–water partition coefficient (Wildman–Crippen LogP) is 3.16. The molecule has 2 fully saturated rings. The van der Waals surface area contributed by atoms with Crippen molar-refractivity contribution in [3.05, 3.63) is 17.5 Å². The summed E-state index contributed by atoms with van der Waals surface area (Å²) in [6.45, 7) is 8.28. The Bertz CT molecular complexity index is 976. The quantitative estimate of drug-likeness (QED) is 0.514. The molecule has 0 aromatic carbocycles. The number of anilines is 1. The van der Waals surface area contributed by atoms with Gasteiger partial charge in [0.05, 0.1) is 29.2 Å². The summed E-state index contributed by atoms with van der Waals surface area (Å²) >= 11 is 0. The number of aryl methyl sites for hydroxylation is 2. The van der Waals surface area contributed by atoms with Crippen molar-refractivity contribution in [2.75, 3.05) is 18.5 Å². The first-order chi connectivity index (χ1) is 14.9. The van der Waals surface area contributed by atoms with Crippen molar-refractivity contribution in [2.45, 2.75) is 72.0 Å². The number of aromatic nitrogens is 3. The minimum atomic E-state index is -0.721. The van der Waals surface area contributed by atoms with Crippen LogP contribution in [-0.2, 0) is 33.8 Å². The number of carbonyl (C=O) groups is 2. The summed E-state index contributed by atoms with van der Waals surface area (Å²) in [5.74, 6) is -0.459. The van der Waals surface area contributed by atoms with Crippen LogP contribution in [0, 0.1) is 5.41 Å². The van der Waals surface area contributed by atoms with E-state index in [1.807, 2.05) is 31.6 Å². The molecular weight excluding hydrogens is 398 g/mol. The van der Waals surface area contributed by atoms with E-state index in [0.717, 1.165) is 73.4 Å². The summed E-state index contributed by atoms with van der Waals surface area (Å²) < 4.78 is 12.4. The number of alkyl carbamates (subject to hydrolysis) is 1. The van der Waals surface area contributed by atoms with Gasteiger partial charge in [0.2, 0.25) is 0 Å². The van der Waals surface area contributed by atoms with Crippen LogP contribution < -0.4 is 10.6 Å². The maximum Gasteiger partial charge on any atom is 0.415 e. The maximum atomic E-state index is 12.3. The number of hydrogen-bond donors (Lipinski definition) is 2. The summed E-state index contributed by atoms with van der Waals surface area (Å²) in [6, 6.07) is 0.274. The van der Waals surface area contributed by atoms with Crippen molar-refractivity contribution in [1.29, 1.82) is 0 Å². The molecule has 9 nitrogen and oxygen atoms in total. The Morgan fingerprint density at radius 1 is 1.29 bits per heavy atom. The van der Waals surface area contributed by atoms with E-state index < -0.39 is 17.5 Å². The fourth-order valence-electron chi connectivity index (χ4n) is 3.90. The van der Waals surface area contributed by atoms with Crippen molar-refractivity contribution in [3.8, 4) is 0 Å². The predicted molar refractivity (Wildman–Crippen MR) is 116 cm³/mol. The molecule has 4 rings (SSSR count). The third-order valence-corrected chi connectivity index (χ3v) is 6.26. The molecule has 2 aromatic heterocycles. The Hall–Kier alpha value is -2.68. The number of nitrogens with zero attached hydrogens (tertiary/aromatic N) is 3. The van der Waals surface area contributed by atoms with Crippen LogP contribution in [0.5, 0.6) is 0 Å². The van der Waals surface area contributed by atoms with Crippen molar-refractivity contribution < 1.29 is 19.1 Å². The monoisotopic (exact) mass is 429 g/mol. The Morgan fingerprint density at radius 3 is 2.68 bits per heavy atom. The van der Waals surface area contributed by atoms with Gasteiger partial charge in [-0.15, -0.1) is 0 Å². The zero-order chi connectivity index (χ0) is 22.0. The Morgan fingerprint density at radius 2 is 2.03 bits per heavy atom. The second-order valence-electron chi connectivity index (χ2n) is 8.59. The van der Waals surface area contributed by atoms with Gasteiger partial charge in [-0.2, -0.15) is 5.10 Å². The minimum Gasteiger partial charge on any atom is -0.381 e. The van der Waals surface area contributed by atoms with E-state index >= 15 is 0 Å². The Labute approximate surface area is 181 Å². The van der Waals surface area contributed by atoms with E-state index in [0.29, 0.717) is 6.42 Å². The van der Waals surface area contributed by atoms with Crippen LogP contribution >= 0.6 is 0 Å². The molecule has 0 spiro atoms. The highest BCUT2D eigenvalue weighted by Gasteiger charge is 2.47. The molecular formula is C22H31N5O4. The summed E-state index contributed by atoms with van der Waals surface area (Å²) in [7, 11) is 0. The summed E-state index contributed by atoms with van der Waals surface area (Å²) in [5, 5.41) is 11.8. The highest BCUT2D eigenvalue weighted by atomic mass is 16.6. The lowest BCUT2D eigenvalue weighted by molar-refractivity contribution is -0.142. The number of amides is 1. The first kappa shape index (κ1) is 21.5. The van der Waals surface area contributed by atoms with Gasteiger partial charge in [-0.25, -0.2) is 14.5 Å². The van der Waals surface area contributed by atoms with Crippen molar-refractivity contribution in [3.63, 3.8) is 0 Å². The van der Waals surface area contributed by atoms with Gasteiger partial charge in [-0.1, -0.05) is 6.92 Å². The van der Waals surface area contributed by atoms with Crippen LogP contribution in [-0.4, -0.2) is 46.1 Å². The molecule has 31 heavy (non-hydrogen) atoms. The molecule has 0 radical (unpaired) electrons. The fourth-order valence-corrected chi connectivity index (χ4v) is 3.90. The van der Waals surface area contributed by atoms with Gasteiger partial charge in [0, 0.05) is 37.1 Å². The highest BCUT2D eigenvalue weighted by Crippen LogP contribution is 2.46. The van der Waals surface area contributed by atoms with Crippen molar-refractivity contribution in [2.24, 2.45) is 5.41 Å². The van der Waals surface area contributed by atoms with E-state index in [2.05, 4.69) is 15.7 Å². The number of rotatable bonds is 7. The molecule has 2 aliphatic rings. The molecule has 9 heteroatoms. The lowest BCUT2D eigenvalue weighted by atomic mass is 10.0. The number of nitrogens with one attached hydrogen (secondary N) is 2. The molecule has 1 saturated heterocycles. The molecule has 1 amide bonds. The standard InChI is InChI=1S/C22H31N5O4/c1-4-17-15(12-23-21(29)31-20(28)22(3)8-9-22)18(25-14-6-10-30-11-7-14)16-13-24-27(5-2)19(16)26-17/h13-14H,4-12H2,1-3H3,(H,23,29)(H,25,26). The zero-order valence-corrected chi connectivity index (χ0v) is 18.5. The maximum absolute atomic E-state index is 12.3. The number of ether oxygens (including phenoxy) is 2. The average Bonchev–Trinajstić information content (AvgIpc) is 3.40. The minimum absolute atomic E-state index is 0.220. The third kappa shape index (κ3) is 4.51. The molecule has 1 aliphatic carbocycles. The smallest absolute Gasteiger partial charge is 0.381 e. The van der Waals surface area contributed by atoms with Crippen LogP contribution in [0.1, 0.15) is 57.7 Å². The summed E-state index contributed by atoms with van der Waals surface area (Å²) in [6.07, 6.45) is 5.16.